The summed E-state index contributed by atoms with van der Waals surface area (Å²) >= 11 is 0. The molecule has 0 spiro atoms. The number of aliphatic hydroxyl groups is 1. The number of para-hydroxylation sites is 1. The number of aryl methyl sites for hydroxylation is 1. The van der Waals surface area contributed by atoms with Crippen molar-refractivity contribution in [3.05, 3.63) is 29.3 Å². The molecule has 3 N–H and O–H groups in total. The number of anilines is 1. The lowest BCUT2D eigenvalue weighted by Crippen LogP contribution is -2.50. The molecule has 4 nitrogen and oxygen atoms in total. The van der Waals surface area contributed by atoms with E-state index >= 15 is 0 Å². The minimum Gasteiger partial charge on any atom is -0.394 e. The minimum atomic E-state index is -0.440. The fourth-order valence-corrected chi connectivity index (χ4v) is 3.10. The van der Waals surface area contributed by atoms with Crippen molar-refractivity contribution in [2.24, 2.45) is 0 Å². The van der Waals surface area contributed by atoms with E-state index in [-0.39, 0.29) is 12.6 Å². The highest BCUT2D eigenvalue weighted by molar-refractivity contribution is 5.91. The number of carbonyl (C=O) groups excluding carboxylic acids is 1. The smallest absolute Gasteiger partial charge is 0.319 e. The van der Waals surface area contributed by atoms with Gasteiger partial charge in [0.05, 0.1) is 12.1 Å². The lowest BCUT2D eigenvalue weighted by atomic mass is 9.98. The molecular weight excluding hydrogens is 264 g/mol. The Labute approximate surface area is 126 Å². The molecule has 0 bridgehead atoms. The number of hydrogen-bond donors (Lipinski definition) is 3. The monoisotopic (exact) mass is 290 g/mol. The molecule has 1 aromatic carbocycles. The highest BCUT2D eigenvalue weighted by Gasteiger charge is 2.34. The second kappa shape index (κ2) is 6.48. The van der Waals surface area contributed by atoms with Crippen molar-refractivity contribution < 1.29 is 9.90 Å². The van der Waals surface area contributed by atoms with Gasteiger partial charge in [0, 0.05) is 5.69 Å². The summed E-state index contributed by atoms with van der Waals surface area (Å²) in [6, 6.07) is 5.84. The summed E-state index contributed by atoms with van der Waals surface area (Å²) in [5, 5.41) is 15.6. The van der Waals surface area contributed by atoms with E-state index in [1.807, 2.05) is 25.1 Å². The Hall–Kier alpha value is -1.55. The molecule has 116 valence electrons. The molecule has 1 aliphatic rings. The van der Waals surface area contributed by atoms with Crippen LogP contribution in [-0.4, -0.2) is 23.3 Å². The van der Waals surface area contributed by atoms with Gasteiger partial charge in [-0.1, -0.05) is 44.9 Å². The Balaban J connectivity index is 2.13. The Morgan fingerprint density at radius 1 is 1.33 bits per heavy atom. The van der Waals surface area contributed by atoms with Crippen LogP contribution < -0.4 is 10.6 Å². The van der Waals surface area contributed by atoms with E-state index < -0.39 is 5.54 Å². The predicted octanol–water partition coefficient (Wildman–Crippen LogP) is 3.55. The first-order valence-electron chi connectivity index (χ1n) is 7.77. The molecule has 0 heterocycles. The summed E-state index contributed by atoms with van der Waals surface area (Å²) in [6.45, 7) is 6.23. The molecule has 0 saturated heterocycles. The molecule has 2 amide bonds. The minimum absolute atomic E-state index is 0.00519. The van der Waals surface area contributed by atoms with Gasteiger partial charge in [0.2, 0.25) is 0 Å². The number of carbonyl (C=O) groups is 1. The van der Waals surface area contributed by atoms with Crippen molar-refractivity contribution in [3.63, 3.8) is 0 Å². The largest absolute Gasteiger partial charge is 0.394 e. The molecule has 1 aromatic rings. The van der Waals surface area contributed by atoms with Gasteiger partial charge in [-0.15, -0.1) is 0 Å². The van der Waals surface area contributed by atoms with Crippen molar-refractivity contribution in [3.8, 4) is 0 Å². The van der Waals surface area contributed by atoms with Crippen LogP contribution in [0.4, 0.5) is 10.5 Å². The molecule has 0 aromatic heterocycles. The van der Waals surface area contributed by atoms with Crippen molar-refractivity contribution >= 4 is 11.7 Å². The van der Waals surface area contributed by atoms with Crippen molar-refractivity contribution in [2.45, 2.75) is 57.9 Å². The average Bonchev–Trinajstić information content (AvgIpc) is 2.89. The third kappa shape index (κ3) is 3.56. The maximum atomic E-state index is 12.3. The Bertz CT molecular complexity index is 506. The van der Waals surface area contributed by atoms with E-state index in [0.29, 0.717) is 5.92 Å². The average molecular weight is 290 g/mol. The van der Waals surface area contributed by atoms with Crippen LogP contribution in [0.3, 0.4) is 0 Å². The summed E-state index contributed by atoms with van der Waals surface area (Å²) in [5.41, 5.74) is 2.64. The molecule has 2 rings (SSSR count). The van der Waals surface area contributed by atoms with Crippen molar-refractivity contribution in [2.75, 3.05) is 11.9 Å². The van der Waals surface area contributed by atoms with Gasteiger partial charge in [0.1, 0.15) is 0 Å². The topological polar surface area (TPSA) is 61.4 Å². The van der Waals surface area contributed by atoms with Crippen LogP contribution in [0.2, 0.25) is 0 Å². The summed E-state index contributed by atoms with van der Waals surface area (Å²) in [4.78, 5) is 12.3. The number of urea groups is 1. The van der Waals surface area contributed by atoms with Crippen LogP contribution in [-0.2, 0) is 0 Å². The number of nitrogens with one attached hydrogen (secondary N) is 2. The first-order valence-corrected chi connectivity index (χ1v) is 7.77. The third-order valence-corrected chi connectivity index (χ3v) is 4.41. The first-order chi connectivity index (χ1) is 9.97. The van der Waals surface area contributed by atoms with E-state index in [9.17, 15) is 9.90 Å². The lowest BCUT2D eigenvalue weighted by Gasteiger charge is -2.28. The van der Waals surface area contributed by atoms with Gasteiger partial charge < -0.3 is 15.7 Å². The van der Waals surface area contributed by atoms with Gasteiger partial charge in [0.15, 0.2) is 0 Å². The van der Waals surface area contributed by atoms with Crippen LogP contribution in [0.25, 0.3) is 0 Å². The highest BCUT2D eigenvalue weighted by atomic mass is 16.3. The van der Waals surface area contributed by atoms with Crippen LogP contribution in [0.1, 0.15) is 56.6 Å². The first kappa shape index (κ1) is 15.8. The molecule has 0 aliphatic heterocycles. The summed E-state index contributed by atoms with van der Waals surface area (Å²) in [6.07, 6.45) is 3.81. The van der Waals surface area contributed by atoms with Gasteiger partial charge in [-0.25, -0.2) is 4.79 Å². The SMILES string of the molecule is Cc1cccc(C(C)C)c1NC(=O)NC1(CO)CCCC1. The normalized spacial score (nSPS) is 17.0. The zero-order valence-electron chi connectivity index (χ0n) is 13.2. The summed E-state index contributed by atoms with van der Waals surface area (Å²) in [7, 11) is 0. The van der Waals surface area contributed by atoms with E-state index in [1.54, 1.807) is 0 Å². The molecule has 0 unspecified atom stereocenters. The molecule has 1 saturated carbocycles. The number of aliphatic hydroxyl groups excluding tert-OH is 1. The Morgan fingerprint density at radius 2 is 2.00 bits per heavy atom. The number of amides is 2. The molecule has 0 radical (unpaired) electrons. The number of benzene rings is 1. The molecule has 1 fully saturated rings. The summed E-state index contributed by atoms with van der Waals surface area (Å²) in [5.74, 6) is 0.346. The summed E-state index contributed by atoms with van der Waals surface area (Å²) < 4.78 is 0. The molecule has 1 aliphatic carbocycles. The Kier molecular flexibility index (Phi) is 4.88. The van der Waals surface area contributed by atoms with Gasteiger partial charge >= 0.3 is 6.03 Å². The van der Waals surface area contributed by atoms with Crippen LogP contribution in [0.15, 0.2) is 18.2 Å². The van der Waals surface area contributed by atoms with Gasteiger partial charge in [-0.05, 0) is 36.8 Å². The van der Waals surface area contributed by atoms with Gasteiger partial charge in [0.25, 0.3) is 0 Å². The van der Waals surface area contributed by atoms with Crippen molar-refractivity contribution in [1.29, 1.82) is 0 Å². The highest BCUT2D eigenvalue weighted by Crippen LogP contribution is 2.30. The third-order valence-electron chi connectivity index (χ3n) is 4.41. The fraction of sp³-hybridized carbons (Fsp3) is 0.588. The van der Waals surface area contributed by atoms with Crippen LogP contribution in [0, 0.1) is 6.92 Å². The zero-order chi connectivity index (χ0) is 15.5. The fourth-order valence-electron chi connectivity index (χ4n) is 3.10. The zero-order valence-corrected chi connectivity index (χ0v) is 13.2. The maximum Gasteiger partial charge on any atom is 0.319 e. The molecule has 21 heavy (non-hydrogen) atoms. The number of hydrogen-bond acceptors (Lipinski definition) is 2. The Morgan fingerprint density at radius 3 is 2.57 bits per heavy atom. The molecular formula is C17H26N2O2. The van der Waals surface area contributed by atoms with Gasteiger partial charge in [-0.3, -0.25) is 0 Å². The number of rotatable bonds is 4. The predicted molar refractivity (Wildman–Crippen MR) is 85.7 cm³/mol. The second-order valence-corrected chi connectivity index (χ2v) is 6.42. The van der Waals surface area contributed by atoms with E-state index in [1.165, 1.54) is 0 Å². The standard InChI is InChI=1S/C17H26N2O2/c1-12(2)14-8-6-7-13(3)15(14)18-16(21)19-17(11-20)9-4-5-10-17/h6-8,12,20H,4-5,9-11H2,1-3H3,(H2,18,19,21). The maximum absolute atomic E-state index is 12.3. The van der Waals surface area contributed by atoms with Crippen molar-refractivity contribution in [1.82, 2.24) is 5.32 Å². The second-order valence-electron chi connectivity index (χ2n) is 6.42. The quantitative estimate of drug-likeness (QED) is 0.794. The van der Waals surface area contributed by atoms with E-state index in [2.05, 4.69) is 24.5 Å². The molecule has 0 atom stereocenters. The van der Waals surface area contributed by atoms with Gasteiger partial charge in [-0.2, -0.15) is 0 Å². The van der Waals surface area contributed by atoms with E-state index in [4.69, 9.17) is 0 Å². The van der Waals surface area contributed by atoms with E-state index in [0.717, 1.165) is 42.5 Å². The lowest BCUT2D eigenvalue weighted by molar-refractivity contribution is 0.167. The van der Waals surface area contributed by atoms with Crippen LogP contribution in [0.5, 0.6) is 0 Å². The van der Waals surface area contributed by atoms with Crippen LogP contribution >= 0.6 is 0 Å². The molecule has 4 heteroatoms.